The molecule has 0 aromatic heterocycles. The zero-order valence-corrected chi connectivity index (χ0v) is 13.3. The third-order valence-corrected chi connectivity index (χ3v) is 4.26. The maximum absolute atomic E-state index is 12.4. The summed E-state index contributed by atoms with van der Waals surface area (Å²) in [6.07, 6.45) is 1.33. The Balaban J connectivity index is 2.27. The van der Waals surface area contributed by atoms with Gasteiger partial charge < -0.3 is 14.4 Å². The first-order valence-corrected chi connectivity index (χ1v) is 7.63. The molecule has 0 unspecified atom stereocenters. The molecule has 0 saturated heterocycles. The standard InChI is InChI=1S/C18H21NO3/c1-4-9-19-11-15-14(10-16(19)20)17(21-2)12-7-5-6-8-13(12)18(15)22-3/h5-8H,4,9-11H2,1-3H3. The number of rotatable bonds is 4. The number of amides is 1. The van der Waals surface area contributed by atoms with E-state index in [9.17, 15) is 4.79 Å². The van der Waals surface area contributed by atoms with Crippen LogP contribution in [-0.4, -0.2) is 31.6 Å². The molecule has 0 spiro atoms. The normalized spacial score (nSPS) is 14.1. The first-order valence-electron chi connectivity index (χ1n) is 7.63. The second kappa shape index (κ2) is 5.87. The average Bonchev–Trinajstić information content (AvgIpc) is 2.54. The second-order valence-corrected chi connectivity index (χ2v) is 5.56. The maximum atomic E-state index is 12.4. The fourth-order valence-electron chi connectivity index (χ4n) is 3.31. The van der Waals surface area contributed by atoms with Crippen LogP contribution >= 0.6 is 0 Å². The molecular formula is C18H21NO3. The van der Waals surface area contributed by atoms with Gasteiger partial charge in [-0.2, -0.15) is 0 Å². The zero-order valence-electron chi connectivity index (χ0n) is 13.3. The van der Waals surface area contributed by atoms with Gasteiger partial charge in [0, 0.05) is 35.0 Å². The summed E-state index contributed by atoms with van der Waals surface area (Å²) < 4.78 is 11.3. The Morgan fingerprint density at radius 2 is 1.64 bits per heavy atom. The smallest absolute Gasteiger partial charge is 0.227 e. The molecule has 4 nitrogen and oxygen atoms in total. The number of methoxy groups -OCH3 is 2. The molecule has 0 bridgehead atoms. The van der Waals surface area contributed by atoms with Gasteiger partial charge in [-0.1, -0.05) is 31.2 Å². The summed E-state index contributed by atoms with van der Waals surface area (Å²) in [7, 11) is 3.35. The van der Waals surface area contributed by atoms with Gasteiger partial charge in [0.2, 0.25) is 5.91 Å². The van der Waals surface area contributed by atoms with Gasteiger partial charge in [-0.15, -0.1) is 0 Å². The van der Waals surface area contributed by atoms with Gasteiger partial charge in [0.05, 0.1) is 20.6 Å². The minimum Gasteiger partial charge on any atom is -0.496 e. The van der Waals surface area contributed by atoms with Crippen molar-refractivity contribution in [1.82, 2.24) is 4.90 Å². The summed E-state index contributed by atoms with van der Waals surface area (Å²) in [6, 6.07) is 8.02. The Labute approximate surface area is 130 Å². The Hall–Kier alpha value is -2.23. The number of carbonyl (C=O) groups is 1. The van der Waals surface area contributed by atoms with Gasteiger partial charge in [0.1, 0.15) is 11.5 Å². The Morgan fingerprint density at radius 3 is 2.18 bits per heavy atom. The summed E-state index contributed by atoms with van der Waals surface area (Å²) in [5.41, 5.74) is 2.04. The van der Waals surface area contributed by atoms with E-state index in [1.54, 1.807) is 14.2 Å². The van der Waals surface area contributed by atoms with E-state index >= 15 is 0 Å². The molecule has 0 fully saturated rings. The summed E-state index contributed by atoms with van der Waals surface area (Å²) in [5, 5.41) is 2.03. The number of carbonyl (C=O) groups excluding carboxylic acids is 1. The number of ether oxygens (including phenoxy) is 2. The molecule has 2 aromatic carbocycles. The van der Waals surface area contributed by atoms with Crippen molar-refractivity contribution in [3.63, 3.8) is 0 Å². The quantitative estimate of drug-likeness (QED) is 0.870. The van der Waals surface area contributed by atoms with E-state index in [-0.39, 0.29) is 5.91 Å². The van der Waals surface area contributed by atoms with Crippen LogP contribution in [0.2, 0.25) is 0 Å². The molecule has 116 valence electrons. The van der Waals surface area contributed by atoms with Crippen LogP contribution in [-0.2, 0) is 17.8 Å². The summed E-state index contributed by atoms with van der Waals surface area (Å²) in [5.74, 6) is 1.82. The molecule has 1 aliphatic rings. The highest BCUT2D eigenvalue weighted by Gasteiger charge is 2.30. The van der Waals surface area contributed by atoms with Gasteiger partial charge >= 0.3 is 0 Å². The van der Waals surface area contributed by atoms with Crippen molar-refractivity contribution in [2.75, 3.05) is 20.8 Å². The van der Waals surface area contributed by atoms with E-state index in [1.165, 1.54) is 0 Å². The SMILES string of the molecule is CCCN1Cc2c(c(OC)c3ccccc3c2OC)CC1=O. The van der Waals surface area contributed by atoms with Crippen LogP contribution < -0.4 is 9.47 Å². The number of hydrogen-bond acceptors (Lipinski definition) is 3. The van der Waals surface area contributed by atoms with E-state index in [1.807, 2.05) is 29.2 Å². The highest BCUT2D eigenvalue weighted by Crippen LogP contribution is 2.43. The fraction of sp³-hybridized carbons (Fsp3) is 0.389. The summed E-state index contributed by atoms with van der Waals surface area (Å²) >= 11 is 0. The molecule has 0 saturated carbocycles. The first-order chi connectivity index (χ1) is 10.7. The second-order valence-electron chi connectivity index (χ2n) is 5.56. The van der Waals surface area contributed by atoms with Crippen molar-refractivity contribution in [3.8, 4) is 11.5 Å². The molecule has 0 atom stereocenters. The lowest BCUT2D eigenvalue weighted by Crippen LogP contribution is -2.37. The monoisotopic (exact) mass is 299 g/mol. The number of fused-ring (bicyclic) bond motifs is 2. The molecule has 0 N–H and O–H groups in total. The molecule has 0 radical (unpaired) electrons. The zero-order chi connectivity index (χ0) is 15.7. The van der Waals surface area contributed by atoms with Gasteiger partial charge in [-0.3, -0.25) is 4.79 Å². The number of benzene rings is 2. The lowest BCUT2D eigenvalue weighted by atomic mass is 9.92. The third-order valence-electron chi connectivity index (χ3n) is 4.26. The minimum atomic E-state index is 0.157. The van der Waals surface area contributed by atoms with E-state index in [0.29, 0.717) is 13.0 Å². The predicted molar refractivity (Wildman–Crippen MR) is 86.5 cm³/mol. The van der Waals surface area contributed by atoms with Crippen LogP contribution in [0.15, 0.2) is 24.3 Å². The Morgan fingerprint density at radius 1 is 1.05 bits per heavy atom. The van der Waals surface area contributed by atoms with Crippen molar-refractivity contribution in [2.45, 2.75) is 26.3 Å². The molecule has 4 heteroatoms. The lowest BCUT2D eigenvalue weighted by molar-refractivity contribution is -0.132. The van der Waals surface area contributed by atoms with Gasteiger partial charge in [0.15, 0.2) is 0 Å². The van der Waals surface area contributed by atoms with Crippen molar-refractivity contribution in [2.24, 2.45) is 0 Å². The van der Waals surface area contributed by atoms with Crippen LogP contribution in [0.5, 0.6) is 11.5 Å². The Bertz CT molecular complexity index is 724. The minimum absolute atomic E-state index is 0.157. The van der Waals surface area contributed by atoms with Crippen LogP contribution in [0.4, 0.5) is 0 Å². The van der Waals surface area contributed by atoms with Gasteiger partial charge in [0.25, 0.3) is 0 Å². The molecule has 3 rings (SSSR count). The lowest BCUT2D eigenvalue weighted by Gasteiger charge is -2.31. The molecule has 1 aliphatic heterocycles. The molecule has 1 amide bonds. The van der Waals surface area contributed by atoms with Crippen molar-refractivity contribution < 1.29 is 14.3 Å². The fourth-order valence-corrected chi connectivity index (χ4v) is 3.31. The topological polar surface area (TPSA) is 38.8 Å². The highest BCUT2D eigenvalue weighted by molar-refractivity contribution is 5.98. The van der Waals surface area contributed by atoms with E-state index in [4.69, 9.17) is 9.47 Å². The van der Waals surface area contributed by atoms with E-state index in [0.717, 1.165) is 46.4 Å². The van der Waals surface area contributed by atoms with Crippen LogP contribution in [0.1, 0.15) is 24.5 Å². The first kappa shape index (κ1) is 14.7. The highest BCUT2D eigenvalue weighted by atomic mass is 16.5. The Kier molecular flexibility index (Phi) is 3.92. The van der Waals surface area contributed by atoms with Crippen molar-refractivity contribution in [3.05, 3.63) is 35.4 Å². The van der Waals surface area contributed by atoms with E-state index in [2.05, 4.69) is 6.92 Å². The largest absolute Gasteiger partial charge is 0.496 e. The average molecular weight is 299 g/mol. The molecule has 2 aromatic rings. The molecular weight excluding hydrogens is 278 g/mol. The van der Waals surface area contributed by atoms with Gasteiger partial charge in [-0.05, 0) is 6.42 Å². The molecule has 22 heavy (non-hydrogen) atoms. The van der Waals surface area contributed by atoms with Crippen molar-refractivity contribution in [1.29, 1.82) is 0 Å². The van der Waals surface area contributed by atoms with E-state index < -0.39 is 0 Å². The van der Waals surface area contributed by atoms with Crippen LogP contribution in [0.25, 0.3) is 10.8 Å². The summed E-state index contributed by atoms with van der Waals surface area (Å²) in [6.45, 7) is 3.45. The van der Waals surface area contributed by atoms with Gasteiger partial charge in [-0.25, -0.2) is 0 Å². The van der Waals surface area contributed by atoms with Crippen LogP contribution in [0, 0.1) is 0 Å². The number of nitrogens with zero attached hydrogens (tertiary/aromatic N) is 1. The molecule has 0 aliphatic carbocycles. The maximum Gasteiger partial charge on any atom is 0.227 e. The van der Waals surface area contributed by atoms with Crippen molar-refractivity contribution >= 4 is 16.7 Å². The summed E-state index contributed by atoms with van der Waals surface area (Å²) in [4.78, 5) is 14.3. The molecule has 1 heterocycles. The predicted octanol–water partition coefficient (Wildman–Crippen LogP) is 3.15. The van der Waals surface area contributed by atoms with Crippen LogP contribution in [0.3, 0.4) is 0 Å². The number of hydrogen-bond donors (Lipinski definition) is 0. The third kappa shape index (κ3) is 2.19.